The van der Waals surface area contributed by atoms with Gasteiger partial charge in [0.05, 0.1) is 17.2 Å². The molecule has 0 saturated carbocycles. The molecule has 0 aliphatic heterocycles. The zero-order valence-corrected chi connectivity index (χ0v) is 14.0. The van der Waals surface area contributed by atoms with E-state index in [1.807, 2.05) is 13.8 Å². The largest absolute Gasteiger partial charge is 0.370 e. The Morgan fingerprint density at radius 2 is 2.14 bits per heavy atom. The van der Waals surface area contributed by atoms with Crippen molar-refractivity contribution < 1.29 is 0 Å². The van der Waals surface area contributed by atoms with E-state index < -0.39 is 0 Å². The van der Waals surface area contributed by atoms with E-state index in [1.54, 1.807) is 11.3 Å². The Labute approximate surface area is 135 Å². The van der Waals surface area contributed by atoms with Crippen LogP contribution in [0.1, 0.15) is 39.5 Å². The Hall–Kier alpha value is -1.88. The Bertz CT molecular complexity index is 703. The number of thiazole rings is 1. The molecule has 0 atom stereocenters. The highest BCUT2D eigenvalue weighted by atomic mass is 32.1. The zero-order valence-electron chi connectivity index (χ0n) is 13.1. The monoisotopic (exact) mass is 314 g/mol. The molecule has 5 heteroatoms. The van der Waals surface area contributed by atoms with E-state index in [1.165, 1.54) is 35.3 Å². The number of aryl methyl sites for hydroxylation is 3. The Morgan fingerprint density at radius 1 is 1.32 bits per heavy atom. The SMILES string of the molecule is Cc1nc(C)c(CN=C(N)Nc2cccc3c2CCCC3)s1. The van der Waals surface area contributed by atoms with Crippen LogP contribution in [0.4, 0.5) is 5.69 Å². The van der Waals surface area contributed by atoms with Crippen LogP contribution in [0.2, 0.25) is 0 Å². The minimum Gasteiger partial charge on any atom is -0.370 e. The van der Waals surface area contributed by atoms with Crippen molar-refractivity contribution in [2.45, 2.75) is 46.1 Å². The number of benzene rings is 1. The van der Waals surface area contributed by atoms with Crippen LogP contribution in [0, 0.1) is 13.8 Å². The summed E-state index contributed by atoms with van der Waals surface area (Å²) < 4.78 is 0. The molecule has 22 heavy (non-hydrogen) atoms. The van der Waals surface area contributed by atoms with Crippen LogP contribution in [-0.4, -0.2) is 10.9 Å². The maximum atomic E-state index is 6.07. The lowest BCUT2D eigenvalue weighted by Gasteiger charge is -2.19. The van der Waals surface area contributed by atoms with Gasteiger partial charge >= 0.3 is 0 Å². The molecule has 3 rings (SSSR count). The quantitative estimate of drug-likeness (QED) is 0.672. The highest BCUT2D eigenvalue weighted by Crippen LogP contribution is 2.27. The van der Waals surface area contributed by atoms with Gasteiger partial charge in [0.15, 0.2) is 5.96 Å². The van der Waals surface area contributed by atoms with Gasteiger partial charge in [-0.2, -0.15) is 0 Å². The molecule has 0 fully saturated rings. The van der Waals surface area contributed by atoms with Gasteiger partial charge in [0.25, 0.3) is 0 Å². The predicted octanol–water partition coefficient (Wildman–Crippen LogP) is 3.57. The van der Waals surface area contributed by atoms with Crippen molar-refractivity contribution in [1.82, 2.24) is 4.98 Å². The van der Waals surface area contributed by atoms with Crippen molar-refractivity contribution >= 4 is 23.0 Å². The van der Waals surface area contributed by atoms with E-state index >= 15 is 0 Å². The Balaban J connectivity index is 1.73. The standard InChI is InChI=1S/C17H22N4S/c1-11-16(22-12(2)20-11)10-19-17(18)21-15-9-5-7-13-6-3-4-8-14(13)15/h5,7,9H,3-4,6,8,10H2,1-2H3,(H3,18,19,21). The van der Waals surface area contributed by atoms with Crippen LogP contribution in [-0.2, 0) is 19.4 Å². The molecular weight excluding hydrogens is 292 g/mol. The number of aromatic nitrogens is 1. The molecule has 1 aliphatic rings. The molecule has 1 aliphatic carbocycles. The molecule has 4 nitrogen and oxygen atoms in total. The van der Waals surface area contributed by atoms with Gasteiger partial charge in [0, 0.05) is 10.6 Å². The van der Waals surface area contributed by atoms with Crippen molar-refractivity contribution in [2.24, 2.45) is 10.7 Å². The average molecular weight is 314 g/mol. The number of fused-ring (bicyclic) bond motifs is 1. The molecule has 0 spiro atoms. The second-order valence-electron chi connectivity index (χ2n) is 5.72. The van der Waals surface area contributed by atoms with Crippen molar-refractivity contribution in [3.63, 3.8) is 0 Å². The number of nitrogens with one attached hydrogen (secondary N) is 1. The molecule has 0 saturated heterocycles. The first-order chi connectivity index (χ1) is 10.6. The summed E-state index contributed by atoms with van der Waals surface area (Å²) in [5.41, 5.74) is 11.1. The van der Waals surface area contributed by atoms with E-state index in [0.29, 0.717) is 12.5 Å². The number of hydrogen-bond donors (Lipinski definition) is 2. The fourth-order valence-electron chi connectivity index (χ4n) is 2.95. The van der Waals surface area contributed by atoms with Crippen molar-refractivity contribution in [2.75, 3.05) is 5.32 Å². The summed E-state index contributed by atoms with van der Waals surface area (Å²) in [5, 5.41) is 4.35. The van der Waals surface area contributed by atoms with Crippen LogP contribution in [0.5, 0.6) is 0 Å². The van der Waals surface area contributed by atoms with Gasteiger partial charge in [-0.25, -0.2) is 9.98 Å². The lowest BCUT2D eigenvalue weighted by molar-refractivity contribution is 0.687. The molecule has 0 amide bonds. The highest BCUT2D eigenvalue weighted by Gasteiger charge is 2.13. The summed E-state index contributed by atoms with van der Waals surface area (Å²) in [7, 11) is 0. The Kier molecular flexibility index (Phi) is 4.43. The third-order valence-electron chi connectivity index (χ3n) is 4.05. The lowest BCUT2D eigenvalue weighted by Crippen LogP contribution is -2.24. The zero-order chi connectivity index (χ0) is 15.5. The smallest absolute Gasteiger partial charge is 0.193 e. The van der Waals surface area contributed by atoms with Gasteiger partial charge < -0.3 is 11.1 Å². The molecule has 1 heterocycles. The second kappa shape index (κ2) is 6.48. The molecule has 116 valence electrons. The minimum absolute atomic E-state index is 0.476. The summed E-state index contributed by atoms with van der Waals surface area (Å²) in [5.74, 6) is 0.476. The van der Waals surface area contributed by atoms with E-state index in [9.17, 15) is 0 Å². The molecular formula is C17H22N4S. The van der Waals surface area contributed by atoms with Crippen molar-refractivity contribution in [3.05, 3.63) is 44.9 Å². The summed E-state index contributed by atoms with van der Waals surface area (Å²) in [4.78, 5) is 10.1. The van der Waals surface area contributed by atoms with Crippen molar-refractivity contribution in [3.8, 4) is 0 Å². The third-order valence-corrected chi connectivity index (χ3v) is 5.11. The third kappa shape index (κ3) is 3.30. The first-order valence-electron chi connectivity index (χ1n) is 7.74. The number of anilines is 1. The van der Waals surface area contributed by atoms with Crippen LogP contribution in [0.3, 0.4) is 0 Å². The molecule has 0 radical (unpaired) electrons. The fourth-order valence-corrected chi connectivity index (χ4v) is 3.81. The maximum absolute atomic E-state index is 6.07. The topological polar surface area (TPSA) is 63.3 Å². The van der Waals surface area contributed by atoms with Crippen molar-refractivity contribution in [1.29, 1.82) is 0 Å². The predicted molar refractivity (Wildman–Crippen MR) is 93.6 cm³/mol. The van der Waals surface area contributed by atoms with Gasteiger partial charge in [0.1, 0.15) is 0 Å². The first kappa shape index (κ1) is 15.0. The molecule has 3 N–H and O–H groups in total. The molecule has 0 bridgehead atoms. The van der Waals surface area contributed by atoms with E-state index in [-0.39, 0.29) is 0 Å². The molecule has 1 aromatic carbocycles. The molecule has 2 aromatic rings. The second-order valence-corrected chi connectivity index (χ2v) is 7.01. The lowest BCUT2D eigenvalue weighted by atomic mass is 9.90. The minimum atomic E-state index is 0.476. The molecule has 1 aromatic heterocycles. The van der Waals surface area contributed by atoms with Crippen LogP contribution < -0.4 is 11.1 Å². The highest BCUT2D eigenvalue weighted by molar-refractivity contribution is 7.11. The normalized spacial score (nSPS) is 14.7. The number of guanidine groups is 1. The number of hydrogen-bond acceptors (Lipinski definition) is 3. The number of aliphatic imine (C=N–C) groups is 1. The van der Waals surface area contributed by atoms with Gasteiger partial charge in [0.2, 0.25) is 0 Å². The van der Waals surface area contributed by atoms with Gasteiger partial charge in [-0.3, -0.25) is 0 Å². The maximum Gasteiger partial charge on any atom is 0.193 e. The number of rotatable bonds is 3. The van der Waals surface area contributed by atoms with E-state index in [0.717, 1.165) is 22.8 Å². The fraction of sp³-hybridized carbons (Fsp3) is 0.412. The van der Waals surface area contributed by atoms with Gasteiger partial charge in [-0.15, -0.1) is 11.3 Å². The summed E-state index contributed by atoms with van der Waals surface area (Å²) in [6, 6.07) is 6.40. The average Bonchev–Trinajstić information content (AvgIpc) is 2.83. The summed E-state index contributed by atoms with van der Waals surface area (Å²) >= 11 is 1.68. The molecule has 0 unspecified atom stereocenters. The van der Waals surface area contributed by atoms with Gasteiger partial charge in [-0.1, -0.05) is 12.1 Å². The first-order valence-corrected chi connectivity index (χ1v) is 8.56. The van der Waals surface area contributed by atoms with E-state index in [4.69, 9.17) is 5.73 Å². The number of nitrogens with two attached hydrogens (primary N) is 1. The Morgan fingerprint density at radius 3 is 2.91 bits per heavy atom. The van der Waals surface area contributed by atoms with Crippen LogP contribution in [0.15, 0.2) is 23.2 Å². The summed E-state index contributed by atoms with van der Waals surface area (Å²) in [6.45, 7) is 4.62. The number of nitrogens with zero attached hydrogens (tertiary/aromatic N) is 2. The van der Waals surface area contributed by atoms with E-state index in [2.05, 4.69) is 33.5 Å². The summed E-state index contributed by atoms with van der Waals surface area (Å²) in [6.07, 6.45) is 4.83. The van der Waals surface area contributed by atoms with Crippen LogP contribution >= 0.6 is 11.3 Å². The van der Waals surface area contributed by atoms with Gasteiger partial charge in [-0.05, 0) is 56.7 Å². The van der Waals surface area contributed by atoms with Crippen LogP contribution in [0.25, 0.3) is 0 Å².